The molecule has 0 unspecified atom stereocenters. The summed E-state index contributed by atoms with van der Waals surface area (Å²) in [5.74, 6) is 1.12. The minimum absolute atomic E-state index is 0.547. The third-order valence-corrected chi connectivity index (χ3v) is 2.45. The lowest BCUT2D eigenvalue weighted by Crippen LogP contribution is -2.07. The molecule has 0 aromatic carbocycles. The topological polar surface area (TPSA) is 59.9 Å². The highest BCUT2D eigenvalue weighted by Crippen LogP contribution is 2.10. The number of hydrogen-bond acceptors (Lipinski definition) is 5. The van der Waals surface area contributed by atoms with Gasteiger partial charge in [0.05, 0.1) is 18.8 Å². The van der Waals surface area contributed by atoms with Gasteiger partial charge < -0.3 is 10.1 Å². The highest BCUT2D eigenvalue weighted by atomic mass is 16.5. The van der Waals surface area contributed by atoms with Crippen LogP contribution in [0, 0.1) is 6.92 Å². The molecule has 0 saturated carbocycles. The molecule has 0 radical (unpaired) electrons. The Bertz CT molecular complexity index is 516. The van der Waals surface area contributed by atoms with Crippen LogP contribution in [-0.4, -0.2) is 21.6 Å². The molecule has 5 nitrogen and oxygen atoms in total. The first-order valence-electron chi connectivity index (χ1n) is 5.90. The average molecular weight is 244 g/mol. The maximum Gasteiger partial charge on any atom is 0.226 e. The first kappa shape index (κ1) is 12.3. The Labute approximate surface area is 106 Å². The Kier molecular flexibility index (Phi) is 4.06. The summed E-state index contributed by atoms with van der Waals surface area (Å²) >= 11 is 0. The molecule has 0 spiro atoms. The van der Waals surface area contributed by atoms with Crippen molar-refractivity contribution in [1.82, 2.24) is 15.0 Å². The highest BCUT2D eigenvalue weighted by Gasteiger charge is 2.02. The number of ether oxygens (including phenoxy) is 1. The third kappa shape index (κ3) is 3.16. The quantitative estimate of drug-likeness (QED) is 0.873. The van der Waals surface area contributed by atoms with Crippen LogP contribution in [0.25, 0.3) is 0 Å². The molecule has 2 aromatic rings. The van der Waals surface area contributed by atoms with Crippen LogP contribution < -0.4 is 10.1 Å². The van der Waals surface area contributed by atoms with Gasteiger partial charge in [0.2, 0.25) is 11.8 Å². The molecule has 0 aliphatic heterocycles. The number of anilines is 1. The first-order valence-corrected chi connectivity index (χ1v) is 5.90. The monoisotopic (exact) mass is 244 g/mol. The van der Waals surface area contributed by atoms with Crippen LogP contribution in [0.1, 0.15) is 18.2 Å². The lowest BCUT2D eigenvalue weighted by molar-refractivity contribution is 0.326. The van der Waals surface area contributed by atoms with Crippen molar-refractivity contribution < 1.29 is 4.74 Å². The molecule has 0 amide bonds. The second-order valence-electron chi connectivity index (χ2n) is 3.77. The van der Waals surface area contributed by atoms with Gasteiger partial charge in [-0.25, -0.2) is 4.98 Å². The van der Waals surface area contributed by atoms with E-state index >= 15 is 0 Å². The second kappa shape index (κ2) is 5.95. The fourth-order valence-corrected chi connectivity index (χ4v) is 1.52. The first-order chi connectivity index (χ1) is 8.79. The number of rotatable bonds is 5. The van der Waals surface area contributed by atoms with Crippen LogP contribution in [-0.2, 0) is 6.54 Å². The average Bonchev–Trinajstić information content (AvgIpc) is 2.39. The lowest BCUT2D eigenvalue weighted by Gasteiger charge is -2.07. The third-order valence-electron chi connectivity index (χ3n) is 2.45. The number of aromatic nitrogens is 3. The maximum atomic E-state index is 5.32. The predicted molar refractivity (Wildman–Crippen MR) is 69.5 cm³/mol. The standard InChI is InChI=1S/C13H16N4O/c1-3-18-12-6-8-15-13(17-12)16-9-11-10(2)5-4-7-14-11/h4-8H,3,9H2,1-2H3,(H,15,16,17). The molecule has 0 bridgehead atoms. The number of hydrogen-bond donors (Lipinski definition) is 1. The van der Waals surface area contributed by atoms with Crippen molar-refractivity contribution in [3.63, 3.8) is 0 Å². The maximum absolute atomic E-state index is 5.32. The van der Waals surface area contributed by atoms with Gasteiger partial charge in [-0.2, -0.15) is 4.98 Å². The summed E-state index contributed by atoms with van der Waals surface area (Å²) in [4.78, 5) is 12.7. The summed E-state index contributed by atoms with van der Waals surface area (Å²) in [6.45, 7) is 5.14. The smallest absolute Gasteiger partial charge is 0.226 e. The van der Waals surface area contributed by atoms with Crippen molar-refractivity contribution in [2.45, 2.75) is 20.4 Å². The number of pyridine rings is 1. The highest BCUT2D eigenvalue weighted by molar-refractivity contribution is 5.30. The second-order valence-corrected chi connectivity index (χ2v) is 3.77. The van der Waals surface area contributed by atoms with E-state index < -0.39 is 0 Å². The molecule has 0 fully saturated rings. The molecule has 0 aliphatic rings. The number of nitrogens with zero attached hydrogens (tertiary/aromatic N) is 3. The fraction of sp³-hybridized carbons (Fsp3) is 0.308. The van der Waals surface area contributed by atoms with Crippen molar-refractivity contribution in [2.75, 3.05) is 11.9 Å². The van der Waals surface area contributed by atoms with Crippen molar-refractivity contribution in [3.05, 3.63) is 41.9 Å². The fourth-order valence-electron chi connectivity index (χ4n) is 1.52. The normalized spacial score (nSPS) is 10.1. The van der Waals surface area contributed by atoms with E-state index in [9.17, 15) is 0 Å². The van der Waals surface area contributed by atoms with Gasteiger partial charge in [0.1, 0.15) is 0 Å². The van der Waals surface area contributed by atoms with E-state index in [1.807, 2.05) is 26.0 Å². The van der Waals surface area contributed by atoms with Gasteiger partial charge in [0, 0.05) is 18.5 Å². The molecular formula is C13H16N4O. The van der Waals surface area contributed by atoms with E-state index in [4.69, 9.17) is 4.74 Å². The Morgan fingerprint density at radius 2 is 2.11 bits per heavy atom. The van der Waals surface area contributed by atoms with Crippen LogP contribution in [0.5, 0.6) is 5.88 Å². The van der Waals surface area contributed by atoms with Crippen LogP contribution in [0.15, 0.2) is 30.6 Å². The summed E-state index contributed by atoms with van der Waals surface area (Å²) in [7, 11) is 0. The Hall–Kier alpha value is -2.17. The van der Waals surface area contributed by atoms with E-state index in [1.54, 1.807) is 18.5 Å². The molecule has 2 heterocycles. The molecule has 2 aromatic heterocycles. The SMILES string of the molecule is CCOc1ccnc(NCc2ncccc2C)n1. The van der Waals surface area contributed by atoms with Crippen molar-refractivity contribution >= 4 is 5.95 Å². The van der Waals surface area contributed by atoms with E-state index in [0.29, 0.717) is 25.0 Å². The molecular weight excluding hydrogens is 228 g/mol. The molecule has 18 heavy (non-hydrogen) atoms. The van der Waals surface area contributed by atoms with Gasteiger partial charge in [0.25, 0.3) is 0 Å². The summed E-state index contributed by atoms with van der Waals surface area (Å²) in [6, 6.07) is 5.69. The van der Waals surface area contributed by atoms with Gasteiger partial charge in [-0.3, -0.25) is 4.98 Å². The van der Waals surface area contributed by atoms with Crippen molar-refractivity contribution in [1.29, 1.82) is 0 Å². The molecule has 1 N–H and O–H groups in total. The summed E-state index contributed by atoms with van der Waals surface area (Å²) in [5, 5.41) is 3.14. The zero-order valence-electron chi connectivity index (χ0n) is 10.6. The molecule has 0 aliphatic carbocycles. The molecule has 0 saturated heterocycles. The van der Waals surface area contributed by atoms with Crippen LogP contribution in [0.2, 0.25) is 0 Å². The number of aryl methyl sites for hydroxylation is 1. The van der Waals surface area contributed by atoms with Crippen LogP contribution in [0.3, 0.4) is 0 Å². The van der Waals surface area contributed by atoms with E-state index in [2.05, 4.69) is 20.3 Å². The van der Waals surface area contributed by atoms with Crippen LogP contribution >= 0.6 is 0 Å². The summed E-state index contributed by atoms with van der Waals surface area (Å²) in [6.07, 6.45) is 3.45. The van der Waals surface area contributed by atoms with Gasteiger partial charge in [-0.1, -0.05) is 6.07 Å². The largest absolute Gasteiger partial charge is 0.478 e. The molecule has 94 valence electrons. The summed E-state index contributed by atoms with van der Waals surface area (Å²) < 4.78 is 5.32. The Balaban J connectivity index is 2.02. The molecule has 5 heteroatoms. The molecule has 0 atom stereocenters. The number of nitrogens with one attached hydrogen (secondary N) is 1. The van der Waals surface area contributed by atoms with Gasteiger partial charge >= 0.3 is 0 Å². The van der Waals surface area contributed by atoms with Gasteiger partial charge in [-0.15, -0.1) is 0 Å². The van der Waals surface area contributed by atoms with Gasteiger partial charge in [0.15, 0.2) is 0 Å². The van der Waals surface area contributed by atoms with Crippen molar-refractivity contribution in [2.24, 2.45) is 0 Å². The Morgan fingerprint density at radius 3 is 2.89 bits per heavy atom. The van der Waals surface area contributed by atoms with Crippen LogP contribution in [0.4, 0.5) is 5.95 Å². The minimum Gasteiger partial charge on any atom is -0.478 e. The van der Waals surface area contributed by atoms with E-state index in [0.717, 1.165) is 11.3 Å². The van der Waals surface area contributed by atoms with E-state index in [-0.39, 0.29) is 0 Å². The Morgan fingerprint density at radius 1 is 1.22 bits per heavy atom. The van der Waals surface area contributed by atoms with Crippen molar-refractivity contribution in [3.8, 4) is 5.88 Å². The minimum atomic E-state index is 0.547. The zero-order valence-corrected chi connectivity index (χ0v) is 10.6. The predicted octanol–water partition coefficient (Wildman–Crippen LogP) is 2.19. The van der Waals surface area contributed by atoms with Gasteiger partial charge in [-0.05, 0) is 25.5 Å². The van der Waals surface area contributed by atoms with E-state index in [1.165, 1.54) is 0 Å². The lowest BCUT2D eigenvalue weighted by atomic mass is 10.2. The summed E-state index contributed by atoms with van der Waals surface area (Å²) in [5.41, 5.74) is 2.13. The zero-order chi connectivity index (χ0) is 12.8. The molecule has 2 rings (SSSR count).